The summed E-state index contributed by atoms with van der Waals surface area (Å²) in [5, 5.41) is 11.1. The minimum Gasteiger partial charge on any atom is -0.465 e. The van der Waals surface area contributed by atoms with Crippen molar-refractivity contribution in [2.45, 2.75) is 4.83 Å². The van der Waals surface area contributed by atoms with Crippen molar-refractivity contribution in [3.05, 3.63) is 0 Å². The lowest BCUT2D eigenvalue weighted by molar-refractivity contribution is 0.194. The topological polar surface area (TPSA) is 49.3 Å². The summed E-state index contributed by atoms with van der Waals surface area (Å²) in [6.07, 6.45) is -0.986. The van der Waals surface area contributed by atoms with Crippen molar-refractivity contribution in [3.8, 4) is 0 Å². The van der Waals surface area contributed by atoms with Crippen LogP contribution in [0.25, 0.3) is 0 Å². The molecule has 0 fully saturated rings. The Kier molecular flexibility index (Phi) is 5.18. The van der Waals surface area contributed by atoms with Crippen LogP contribution in [-0.2, 0) is 0 Å². The number of amides is 1. The van der Waals surface area contributed by atoms with Crippen LogP contribution >= 0.6 is 31.9 Å². The van der Waals surface area contributed by atoms with Crippen LogP contribution in [0.5, 0.6) is 0 Å². The van der Waals surface area contributed by atoms with E-state index < -0.39 is 6.09 Å². The smallest absolute Gasteiger partial charge is 0.404 e. The molecule has 2 N–H and O–H groups in total. The van der Waals surface area contributed by atoms with Crippen LogP contribution in [0, 0.1) is 0 Å². The lowest BCUT2D eigenvalue weighted by atomic mass is 10.5. The van der Waals surface area contributed by atoms with E-state index in [-0.39, 0.29) is 4.83 Å². The van der Waals surface area contributed by atoms with Crippen LogP contribution in [0.3, 0.4) is 0 Å². The van der Waals surface area contributed by atoms with Crippen molar-refractivity contribution >= 4 is 38.0 Å². The first kappa shape index (κ1) is 9.23. The van der Waals surface area contributed by atoms with Gasteiger partial charge in [0.05, 0.1) is 0 Å². The number of hydrogen-bond acceptors (Lipinski definition) is 1. The average Bonchev–Trinajstić information content (AvgIpc) is 1.83. The van der Waals surface area contributed by atoms with Gasteiger partial charge in [-0.3, -0.25) is 0 Å². The fourth-order valence-corrected chi connectivity index (χ4v) is 0.643. The van der Waals surface area contributed by atoms with Crippen LogP contribution in [0.15, 0.2) is 0 Å². The molecule has 0 spiro atoms. The summed E-state index contributed by atoms with van der Waals surface area (Å²) in [7, 11) is 0. The highest BCUT2D eigenvalue weighted by atomic mass is 79.9. The van der Waals surface area contributed by atoms with Gasteiger partial charge in [0, 0.05) is 16.7 Å². The molecule has 5 heteroatoms. The molecule has 0 heterocycles. The van der Waals surface area contributed by atoms with Gasteiger partial charge in [-0.05, 0) is 0 Å². The van der Waals surface area contributed by atoms with E-state index in [1.807, 2.05) is 0 Å². The average molecular weight is 261 g/mol. The van der Waals surface area contributed by atoms with Crippen molar-refractivity contribution in [1.29, 1.82) is 0 Å². The van der Waals surface area contributed by atoms with Crippen molar-refractivity contribution in [1.82, 2.24) is 5.32 Å². The molecule has 0 aliphatic heterocycles. The molecule has 1 atom stereocenters. The van der Waals surface area contributed by atoms with Crippen molar-refractivity contribution in [3.63, 3.8) is 0 Å². The molecule has 0 bridgehead atoms. The van der Waals surface area contributed by atoms with Gasteiger partial charge in [-0.15, -0.1) is 0 Å². The maximum atomic E-state index is 9.87. The number of hydrogen-bond donors (Lipinski definition) is 2. The van der Waals surface area contributed by atoms with E-state index in [0.717, 1.165) is 5.33 Å². The molecule has 0 saturated heterocycles. The van der Waals surface area contributed by atoms with Gasteiger partial charge < -0.3 is 10.4 Å². The number of halogens is 2. The van der Waals surface area contributed by atoms with E-state index in [1.165, 1.54) is 0 Å². The molecular weight excluding hydrogens is 254 g/mol. The van der Waals surface area contributed by atoms with Crippen LogP contribution < -0.4 is 5.32 Å². The second-order valence-electron chi connectivity index (χ2n) is 1.44. The third-order valence-electron chi connectivity index (χ3n) is 0.642. The molecule has 0 aliphatic rings. The summed E-state index contributed by atoms with van der Waals surface area (Å²) in [6.45, 7) is 0.431. The Morgan fingerprint density at radius 3 is 2.67 bits per heavy atom. The molecule has 0 aromatic rings. The minimum absolute atomic E-state index is 0.175. The normalized spacial score (nSPS) is 12.7. The van der Waals surface area contributed by atoms with Crippen LogP contribution in [0.2, 0.25) is 0 Å². The van der Waals surface area contributed by atoms with Gasteiger partial charge in [0.1, 0.15) is 0 Å². The quantitative estimate of drug-likeness (QED) is 0.754. The van der Waals surface area contributed by atoms with Crippen LogP contribution in [-0.4, -0.2) is 27.9 Å². The number of rotatable bonds is 3. The Labute approximate surface area is 70.1 Å². The molecule has 0 aromatic carbocycles. The molecule has 54 valence electrons. The highest BCUT2D eigenvalue weighted by Gasteiger charge is 2.01. The maximum Gasteiger partial charge on any atom is 0.404 e. The van der Waals surface area contributed by atoms with Gasteiger partial charge in [-0.1, -0.05) is 31.9 Å². The predicted octanol–water partition coefficient (Wildman–Crippen LogP) is 1.41. The second kappa shape index (κ2) is 5.05. The Morgan fingerprint density at radius 2 is 2.33 bits per heavy atom. The standard InChI is InChI=1S/C4H7Br2NO2/c5-1-3(6)2-7-4(8)9/h3,7H,1-2H2,(H,8,9). The zero-order valence-electron chi connectivity index (χ0n) is 4.60. The number of carboxylic acid groups (broad SMARTS) is 1. The molecule has 0 aromatic heterocycles. The summed E-state index contributed by atoms with van der Waals surface area (Å²) < 4.78 is 0. The van der Waals surface area contributed by atoms with E-state index in [9.17, 15) is 4.79 Å². The summed E-state index contributed by atoms with van der Waals surface area (Å²) in [6, 6.07) is 0. The number of alkyl halides is 2. The molecule has 0 radical (unpaired) electrons. The van der Waals surface area contributed by atoms with E-state index in [2.05, 4.69) is 37.2 Å². The molecular formula is C4H7Br2NO2. The molecule has 0 aliphatic carbocycles. The van der Waals surface area contributed by atoms with Gasteiger partial charge in [0.15, 0.2) is 0 Å². The first-order valence-electron chi connectivity index (χ1n) is 2.33. The van der Waals surface area contributed by atoms with Crippen LogP contribution in [0.1, 0.15) is 0 Å². The first-order chi connectivity index (χ1) is 4.16. The largest absolute Gasteiger partial charge is 0.465 e. The number of carbonyl (C=O) groups is 1. The van der Waals surface area contributed by atoms with Gasteiger partial charge in [0.2, 0.25) is 0 Å². The molecule has 1 amide bonds. The van der Waals surface area contributed by atoms with E-state index in [0.29, 0.717) is 6.54 Å². The molecule has 3 nitrogen and oxygen atoms in total. The first-order valence-corrected chi connectivity index (χ1v) is 4.37. The fourth-order valence-electron chi connectivity index (χ4n) is 0.253. The highest BCUT2D eigenvalue weighted by molar-refractivity contribution is 9.12. The monoisotopic (exact) mass is 259 g/mol. The predicted molar refractivity (Wildman–Crippen MR) is 42.5 cm³/mol. The van der Waals surface area contributed by atoms with Gasteiger partial charge in [0.25, 0.3) is 0 Å². The highest BCUT2D eigenvalue weighted by Crippen LogP contribution is 2.00. The molecule has 0 saturated carbocycles. The van der Waals surface area contributed by atoms with Crippen molar-refractivity contribution in [2.24, 2.45) is 0 Å². The Bertz CT molecular complexity index is 98.6. The number of nitrogens with one attached hydrogen (secondary N) is 1. The fraction of sp³-hybridized carbons (Fsp3) is 0.750. The van der Waals surface area contributed by atoms with E-state index >= 15 is 0 Å². The Balaban J connectivity index is 3.16. The third-order valence-corrected chi connectivity index (χ3v) is 2.94. The SMILES string of the molecule is O=C(O)NCC(Br)CBr. The summed E-state index contributed by atoms with van der Waals surface area (Å²) in [5.41, 5.74) is 0. The summed E-state index contributed by atoms with van der Waals surface area (Å²) in [5.74, 6) is 0. The van der Waals surface area contributed by atoms with E-state index in [4.69, 9.17) is 5.11 Å². The lowest BCUT2D eigenvalue weighted by Gasteiger charge is -2.03. The molecule has 1 unspecified atom stereocenters. The summed E-state index contributed by atoms with van der Waals surface area (Å²) in [4.78, 5) is 10.0. The van der Waals surface area contributed by atoms with Crippen LogP contribution in [0.4, 0.5) is 4.79 Å². The maximum absolute atomic E-state index is 9.87. The Hall–Kier alpha value is 0.230. The Morgan fingerprint density at radius 1 is 1.78 bits per heavy atom. The lowest BCUT2D eigenvalue weighted by Crippen LogP contribution is -2.28. The minimum atomic E-state index is -0.986. The summed E-state index contributed by atoms with van der Waals surface area (Å²) >= 11 is 6.42. The molecule has 0 rings (SSSR count). The second-order valence-corrected chi connectivity index (χ2v) is 3.38. The van der Waals surface area contributed by atoms with Gasteiger partial charge in [-0.25, -0.2) is 4.79 Å². The third kappa shape index (κ3) is 6.11. The van der Waals surface area contributed by atoms with Gasteiger partial charge >= 0.3 is 6.09 Å². The van der Waals surface area contributed by atoms with Gasteiger partial charge in [-0.2, -0.15) is 0 Å². The zero-order chi connectivity index (χ0) is 7.28. The van der Waals surface area contributed by atoms with E-state index in [1.54, 1.807) is 0 Å². The van der Waals surface area contributed by atoms with Crippen molar-refractivity contribution < 1.29 is 9.90 Å². The molecule has 9 heavy (non-hydrogen) atoms. The van der Waals surface area contributed by atoms with Crippen molar-refractivity contribution in [2.75, 3.05) is 11.9 Å². The zero-order valence-corrected chi connectivity index (χ0v) is 7.77.